The Morgan fingerprint density at radius 3 is 2.95 bits per heavy atom. The molecule has 112 valence electrons. The van der Waals surface area contributed by atoms with Crippen molar-refractivity contribution in [1.29, 1.82) is 0 Å². The first kappa shape index (κ1) is 14.3. The van der Waals surface area contributed by atoms with Crippen LogP contribution in [0, 0.1) is 6.92 Å². The van der Waals surface area contributed by atoms with Crippen molar-refractivity contribution in [2.75, 3.05) is 0 Å². The van der Waals surface area contributed by atoms with Gasteiger partial charge in [0.25, 0.3) is 0 Å². The Labute approximate surface area is 129 Å². The van der Waals surface area contributed by atoms with Gasteiger partial charge in [-0.15, -0.1) is 0 Å². The Morgan fingerprint density at radius 2 is 2.18 bits per heavy atom. The van der Waals surface area contributed by atoms with Gasteiger partial charge in [-0.2, -0.15) is 0 Å². The molecule has 1 aromatic carbocycles. The van der Waals surface area contributed by atoms with Crippen molar-refractivity contribution < 1.29 is 9.21 Å². The van der Waals surface area contributed by atoms with Gasteiger partial charge in [-0.3, -0.25) is 9.78 Å². The first-order chi connectivity index (χ1) is 10.6. The maximum absolute atomic E-state index is 12.2. The SMILES string of the molecule is Cc1ccc2c(CC(=O)N[C@H](C)c3ccccn3)coc2c1. The van der Waals surface area contributed by atoms with Crippen LogP contribution in [0.15, 0.2) is 53.3 Å². The molecule has 2 aromatic heterocycles. The van der Waals surface area contributed by atoms with E-state index in [0.717, 1.165) is 27.8 Å². The van der Waals surface area contributed by atoms with E-state index in [9.17, 15) is 4.79 Å². The summed E-state index contributed by atoms with van der Waals surface area (Å²) in [6.45, 7) is 3.94. The van der Waals surface area contributed by atoms with Crippen molar-refractivity contribution >= 4 is 16.9 Å². The van der Waals surface area contributed by atoms with Gasteiger partial charge in [-0.25, -0.2) is 0 Å². The van der Waals surface area contributed by atoms with Crippen molar-refractivity contribution in [3.63, 3.8) is 0 Å². The van der Waals surface area contributed by atoms with Gasteiger partial charge < -0.3 is 9.73 Å². The monoisotopic (exact) mass is 294 g/mol. The van der Waals surface area contributed by atoms with Crippen LogP contribution in [0.25, 0.3) is 11.0 Å². The maximum Gasteiger partial charge on any atom is 0.225 e. The van der Waals surface area contributed by atoms with Crippen LogP contribution in [-0.4, -0.2) is 10.9 Å². The van der Waals surface area contributed by atoms with Gasteiger partial charge >= 0.3 is 0 Å². The third-order valence-corrected chi connectivity index (χ3v) is 3.67. The third-order valence-electron chi connectivity index (χ3n) is 3.67. The molecule has 0 aliphatic carbocycles. The number of hydrogen-bond donors (Lipinski definition) is 1. The van der Waals surface area contributed by atoms with E-state index in [4.69, 9.17) is 4.42 Å². The summed E-state index contributed by atoms with van der Waals surface area (Å²) in [6, 6.07) is 11.6. The number of benzene rings is 1. The number of carbonyl (C=O) groups is 1. The summed E-state index contributed by atoms with van der Waals surface area (Å²) in [5.41, 5.74) is 3.71. The molecule has 4 heteroatoms. The Balaban J connectivity index is 1.71. The van der Waals surface area contributed by atoms with E-state index in [2.05, 4.69) is 10.3 Å². The first-order valence-corrected chi connectivity index (χ1v) is 7.30. The normalized spacial score (nSPS) is 12.3. The molecular formula is C18H18N2O2. The average molecular weight is 294 g/mol. The molecule has 22 heavy (non-hydrogen) atoms. The van der Waals surface area contributed by atoms with Crippen LogP contribution in [-0.2, 0) is 11.2 Å². The fraction of sp³-hybridized carbons (Fsp3) is 0.222. The lowest BCUT2D eigenvalue weighted by Gasteiger charge is -2.12. The second kappa shape index (κ2) is 6.02. The second-order valence-electron chi connectivity index (χ2n) is 5.48. The van der Waals surface area contributed by atoms with Crippen LogP contribution in [0.4, 0.5) is 0 Å². The number of aromatic nitrogens is 1. The first-order valence-electron chi connectivity index (χ1n) is 7.30. The highest BCUT2D eigenvalue weighted by atomic mass is 16.3. The Hall–Kier alpha value is -2.62. The number of amides is 1. The molecular weight excluding hydrogens is 276 g/mol. The third kappa shape index (κ3) is 3.01. The average Bonchev–Trinajstić information content (AvgIpc) is 2.90. The molecule has 0 saturated heterocycles. The molecule has 4 nitrogen and oxygen atoms in total. The van der Waals surface area contributed by atoms with E-state index < -0.39 is 0 Å². The predicted molar refractivity (Wildman–Crippen MR) is 85.4 cm³/mol. The van der Waals surface area contributed by atoms with Crippen LogP contribution in [0.2, 0.25) is 0 Å². The molecule has 3 rings (SSSR count). The van der Waals surface area contributed by atoms with E-state index in [1.165, 1.54) is 0 Å². The Morgan fingerprint density at radius 1 is 1.32 bits per heavy atom. The lowest BCUT2D eigenvalue weighted by molar-refractivity contribution is -0.121. The van der Waals surface area contributed by atoms with Crippen LogP contribution in [0.5, 0.6) is 0 Å². The summed E-state index contributed by atoms with van der Waals surface area (Å²) in [5, 5.41) is 3.96. The van der Waals surface area contributed by atoms with E-state index in [-0.39, 0.29) is 11.9 Å². The minimum absolute atomic E-state index is 0.0403. The zero-order chi connectivity index (χ0) is 15.5. The highest BCUT2D eigenvalue weighted by molar-refractivity contribution is 5.88. The van der Waals surface area contributed by atoms with Gasteiger partial charge in [0.05, 0.1) is 24.4 Å². The molecule has 0 unspecified atom stereocenters. The molecule has 1 amide bonds. The van der Waals surface area contributed by atoms with Crippen molar-refractivity contribution in [2.24, 2.45) is 0 Å². The highest BCUT2D eigenvalue weighted by Crippen LogP contribution is 2.23. The summed E-state index contributed by atoms with van der Waals surface area (Å²) in [6.07, 6.45) is 3.69. The maximum atomic E-state index is 12.2. The molecule has 0 spiro atoms. The lowest BCUT2D eigenvalue weighted by atomic mass is 10.1. The number of nitrogens with one attached hydrogen (secondary N) is 1. The molecule has 0 aliphatic heterocycles. The van der Waals surface area contributed by atoms with E-state index in [1.807, 2.05) is 50.2 Å². The summed E-state index contributed by atoms with van der Waals surface area (Å²) >= 11 is 0. The number of hydrogen-bond acceptors (Lipinski definition) is 3. The number of carbonyl (C=O) groups excluding carboxylic acids is 1. The standard InChI is InChI=1S/C18H18N2O2/c1-12-6-7-15-14(11-22-17(15)9-12)10-18(21)20-13(2)16-5-3-4-8-19-16/h3-9,11,13H,10H2,1-2H3,(H,20,21)/t13-/m1/s1. The molecule has 1 atom stereocenters. The second-order valence-corrected chi connectivity index (χ2v) is 5.48. The number of nitrogens with zero attached hydrogens (tertiary/aromatic N) is 1. The summed E-state index contributed by atoms with van der Waals surface area (Å²) < 4.78 is 5.53. The molecule has 0 fully saturated rings. The molecule has 3 aromatic rings. The smallest absolute Gasteiger partial charge is 0.225 e. The minimum atomic E-state index is -0.117. The fourth-order valence-corrected chi connectivity index (χ4v) is 2.50. The number of pyridine rings is 1. The zero-order valence-corrected chi connectivity index (χ0v) is 12.7. The number of aryl methyl sites for hydroxylation is 1. The van der Waals surface area contributed by atoms with Gasteiger partial charge in [0.1, 0.15) is 5.58 Å². The van der Waals surface area contributed by atoms with Gasteiger partial charge in [0, 0.05) is 17.1 Å². The van der Waals surface area contributed by atoms with E-state index in [0.29, 0.717) is 6.42 Å². The molecule has 1 N–H and O–H groups in total. The number of fused-ring (bicyclic) bond motifs is 1. The van der Waals surface area contributed by atoms with Gasteiger partial charge in [0.15, 0.2) is 0 Å². The van der Waals surface area contributed by atoms with Crippen LogP contribution >= 0.6 is 0 Å². The van der Waals surface area contributed by atoms with Crippen LogP contribution in [0.3, 0.4) is 0 Å². The molecule has 0 saturated carbocycles. The summed E-state index contributed by atoms with van der Waals surface area (Å²) in [4.78, 5) is 16.5. The molecule has 0 bridgehead atoms. The number of rotatable bonds is 4. The topological polar surface area (TPSA) is 55.1 Å². The highest BCUT2D eigenvalue weighted by Gasteiger charge is 2.14. The van der Waals surface area contributed by atoms with Crippen molar-refractivity contribution in [2.45, 2.75) is 26.3 Å². The molecule has 0 aliphatic rings. The quantitative estimate of drug-likeness (QED) is 0.800. The largest absolute Gasteiger partial charge is 0.464 e. The summed E-state index contributed by atoms with van der Waals surface area (Å²) in [5.74, 6) is -0.0403. The summed E-state index contributed by atoms with van der Waals surface area (Å²) in [7, 11) is 0. The molecule has 2 heterocycles. The zero-order valence-electron chi connectivity index (χ0n) is 12.7. The molecule has 0 radical (unpaired) electrons. The van der Waals surface area contributed by atoms with Gasteiger partial charge in [-0.05, 0) is 37.6 Å². The predicted octanol–water partition coefficient (Wildman–Crippen LogP) is 3.56. The van der Waals surface area contributed by atoms with Gasteiger partial charge in [-0.1, -0.05) is 18.2 Å². The van der Waals surface area contributed by atoms with Crippen molar-refractivity contribution in [3.8, 4) is 0 Å². The van der Waals surface area contributed by atoms with Crippen LogP contribution < -0.4 is 5.32 Å². The van der Waals surface area contributed by atoms with Crippen molar-refractivity contribution in [3.05, 3.63) is 65.7 Å². The van der Waals surface area contributed by atoms with Gasteiger partial charge in [0.2, 0.25) is 5.91 Å². The van der Waals surface area contributed by atoms with Crippen LogP contribution in [0.1, 0.15) is 29.8 Å². The number of furan rings is 1. The van der Waals surface area contributed by atoms with E-state index in [1.54, 1.807) is 12.5 Å². The minimum Gasteiger partial charge on any atom is -0.464 e. The van der Waals surface area contributed by atoms with Crippen molar-refractivity contribution in [1.82, 2.24) is 10.3 Å². The Kier molecular flexibility index (Phi) is 3.92. The fourth-order valence-electron chi connectivity index (χ4n) is 2.50. The Bertz CT molecular complexity index is 793. The lowest BCUT2D eigenvalue weighted by Crippen LogP contribution is -2.28. The van der Waals surface area contributed by atoms with E-state index >= 15 is 0 Å².